The summed E-state index contributed by atoms with van der Waals surface area (Å²) in [6.45, 7) is 2.46. The van der Waals surface area contributed by atoms with Crippen molar-refractivity contribution in [2.75, 3.05) is 31.9 Å². The molecule has 3 aromatic rings. The van der Waals surface area contributed by atoms with Gasteiger partial charge in [-0.15, -0.1) is 0 Å². The highest BCUT2D eigenvalue weighted by Gasteiger charge is 2.18. The molecule has 1 amide bonds. The number of aromatic nitrogens is 2. The van der Waals surface area contributed by atoms with Crippen molar-refractivity contribution in [3.8, 4) is 23.3 Å². The number of rotatable bonds is 10. The summed E-state index contributed by atoms with van der Waals surface area (Å²) in [4.78, 5) is 16.2. The number of aryl methyl sites for hydroxylation is 1. The summed E-state index contributed by atoms with van der Waals surface area (Å²) in [7, 11) is -2.19. The molecule has 0 aliphatic rings. The number of carbonyl (C=O) groups is 1. The SMILES string of the molecule is COc1cc(/C=C(/C#N)C(=O)Nc2nc(S(C)(=O)=O)ns2)cc(Cl)c1OCCOc1ccc(C)cc1. The molecule has 2 aromatic carbocycles. The highest BCUT2D eigenvalue weighted by atomic mass is 35.5. The number of anilines is 1. The van der Waals surface area contributed by atoms with Crippen LogP contribution in [-0.2, 0) is 14.6 Å². The van der Waals surface area contributed by atoms with Gasteiger partial charge >= 0.3 is 0 Å². The molecule has 0 radical (unpaired) electrons. The van der Waals surface area contributed by atoms with Crippen molar-refractivity contribution in [3.63, 3.8) is 0 Å². The number of nitrogens with zero attached hydrogens (tertiary/aromatic N) is 3. The second-order valence-corrected chi connectivity index (χ2v) is 10.4. The molecule has 0 fully saturated rings. The number of hydrogen-bond acceptors (Lipinski definition) is 10. The number of nitriles is 1. The fourth-order valence-electron chi connectivity index (χ4n) is 2.79. The van der Waals surface area contributed by atoms with Crippen LogP contribution < -0.4 is 19.5 Å². The lowest BCUT2D eigenvalue weighted by atomic mass is 10.1. The van der Waals surface area contributed by atoms with Crippen molar-refractivity contribution >= 4 is 50.1 Å². The maximum atomic E-state index is 12.5. The third-order valence-corrected chi connectivity index (χ3v) is 6.38. The second-order valence-electron chi connectivity index (χ2n) is 7.32. The number of halogens is 1. The molecular formula is C23H21ClN4O6S2. The molecule has 188 valence electrons. The first kappa shape index (κ1) is 26.9. The number of sulfone groups is 1. The van der Waals surface area contributed by atoms with E-state index in [0.717, 1.165) is 11.8 Å². The van der Waals surface area contributed by atoms with Crippen LogP contribution in [0.5, 0.6) is 17.2 Å². The van der Waals surface area contributed by atoms with E-state index in [-0.39, 0.29) is 34.7 Å². The van der Waals surface area contributed by atoms with Crippen molar-refractivity contribution in [2.24, 2.45) is 0 Å². The van der Waals surface area contributed by atoms with Crippen LogP contribution in [0, 0.1) is 18.3 Å². The van der Waals surface area contributed by atoms with E-state index in [1.54, 1.807) is 12.1 Å². The third kappa shape index (κ3) is 7.17. The summed E-state index contributed by atoms with van der Waals surface area (Å²) in [6, 6.07) is 12.5. The normalized spacial score (nSPS) is 11.5. The van der Waals surface area contributed by atoms with Gasteiger partial charge in [0.05, 0.1) is 12.1 Å². The highest BCUT2D eigenvalue weighted by Crippen LogP contribution is 2.37. The van der Waals surface area contributed by atoms with Crippen LogP contribution in [0.25, 0.3) is 6.08 Å². The lowest BCUT2D eigenvalue weighted by molar-refractivity contribution is -0.112. The first-order valence-electron chi connectivity index (χ1n) is 10.3. The Bertz CT molecular complexity index is 1430. The molecular weight excluding hydrogens is 528 g/mol. The van der Waals surface area contributed by atoms with Crippen molar-refractivity contribution < 1.29 is 27.4 Å². The van der Waals surface area contributed by atoms with Crippen LogP contribution in [-0.4, -0.2) is 50.3 Å². The first-order chi connectivity index (χ1) is 17.1. The number of benzene rings is 2. The smallest absolute Gasteiger partial charge is 0.268 e. The van der Waals surface area contributed by atoms with Gasteiger partial charge in [-0.3, -0.25) is 10.1 Å². The van der Waals surface area contributed by atoms with Gasteiger partial charge in [-0.25, -0.2) is 8.42 Å². The van der Waals surface area contributed by atoms with Crippen LogP contribution >= 0.6 is 23.1 Å². The van der Waals surface area contributed by atoms with Crippen molar-refractivity contribution in [3.05, 3.63) is 58.1 Å². The van der Waals surface area contributed by atoms with Gasteiger partial charge in [0.25, 0.3) is 11.1 Å². The topological polar surface area (TPSA) is 140 Å². The Morgan fingerprint density at radius 3 is 2.53 bits per heavy atom. The Morgan fingerprint density at radius 2 is 1.92 bits per heavy atom. The fourth-order valence-corrected chi connectivity index (χ4v) is 4.50. The fraction of sp³-hybridized carbons (Fsp3) is 0.217. The molecule has 10 nitrogen and oxygen atoms in total. The predicted octanol–water partition coefficient (Wildman–Crippen LogP) is 3.92. The minimum atomic E-state index is -3.62. The van der Waals surface area contributed by atoms with Crippen molar-refractivity contribution in [1.29, 1.82) is 5.26 Å². The molecule has 0 saturated carbocycles. The van der Waals surface area contributed by atoms with E-state index < -0.39 is 20.9 Å². The molecule has 0 unspecified atom stereocenters. The van der Waals surface area contributed by atoms with Gasteiger partial charge < -0.3 is 14.2 Å². The van der Waals surface area contributed by atoms with Gasteiger partial charge in [0.1, 0.15) is 30.6 Å². The molecule has 0 bridgehead atoms. The lowest BCUT2D eigenvalue weighted by Gasteiger charge is -2.14. The molecule has 1 aromatic heterocycles. The Labute approximate surface area is 217 Å². The van der Waals surface area contributed by atoms with Crippen LogP contribution in [0.4, 0.5) is 5.13 Å². The largest absolute Gasteiger partial charge is 0.493 e. The van der Waals surface area contributed by atoms with Gasteiger partial charge in [-0.2, -0.15) is 14.6 Å². The highest BCUT2D eigenvalue weighted by molar-refractivity contribution is 7.90. The number of carbonyl (C=O) groups excluding carboxylic acids is 1. The number of ether oxygens (including phenoxy) is 3. The van der Waals surface area contributed by atoms with Gasteiger partial charge in [-0.05, 0) is 42.8 Å². The van der Waals surface area contributed by atoms with Crippen LogP contribution in [0.1, 0.15) is 11.1 Å². The molecule has 0 spiro atoms. The zero-order chi connectivity index (χ0) is 26.3. The van der Waals surface area contributed by atoms with E-state index >= 15 is 0 Å². The van der Waals surface area contributed by atoms with Crippen molar-refractivity contribution in [1.82, 2.24) is 9.36 Å². The van der Waals surface area contributed by atoms with Crippen molar-refractivity contribution in [2.45, 2.75) is 12.1 Å². The monoisotopic (exact) mass is 548 g/mol. The number of nitrogens with one attached hydrogen (secondary N) is 1. The average molecular weight is 549 g/mol. The zero-order valence-electron chi connectivity index (χ0n) is 19.4. The number of amides is 1. The number of methoxy groups -OCH3 is 1. The van der Waals surface area contributed by atoms with Gasteiger partial charge in [0.2, 0.25) is 15.0 Å². The van der Waals surface area contributed by atoms with Crippen LogP contribution in [0.15, 0.2) is 47.1 Å². The molecule has 0 aliphatic carbocycles. The lowest BCUT2D eigenvalue weighted by Crippen LogP contribution is -2.13. The zero-order valence-corrected chi connectivity index (χ0v) is 21.8. The molecule has 0 aliphatic heterocycles. The molecule has 36 heavy (non-hydrogen) atoms. The van der Waals surface area contributed by atoms with E-state index in [2.05, 4.69) is 14.7 Å². The molecule has 3 rings (SSSR count). The summed E-state index contributed by atoms with van der Waals surface area (Å²) in [5, 5.41) is 11.5. The summed E-state index contributed by atoms with van der Waals surface area (Å²) in [5.74, 6) is 0.501. The molecule has 13 heteroatoms. The molecule has 0 saturated heterocycles. The van der Waals surface area contributed by atoms with E-state index in [4.69, 9.17) is 25.8 Å². The average Bonchev–Trinajstić information content (AvgIpc) is 3.31. The summed E-state index contributed by atoms with van der Waals surface area (Å²) in [5.41, 5.74) is 1.26. The predicted molar refractivity (Wildman–Crippen MR) is 135 cm³/mol. The summed E-state index contributed by atoms with van der Waals surface area (Å²) < 4.78 is 43.4. The van der Waals surface area contributed by atoms with E-state index in [1.165, 1.54) is 19.3 Å². The Morgan fingerprint density at radius 1 is 1.22 bits per heavy atom. The molecule has 1 heterocycles. The Balaban J connectivity index is 1.70. The molecule has 0 atom stereocenters. The standard InChI is InChI=1S/C23H21ClN4O6S2/c1-14-4-6-17(7-5-14)33-8-9-34-20-18(24)11-15(12-19(20)32-2)10-16(13-25)21(29)26-22-27-23(28-35-22)36(3,30)31/h4-7,10-12H,8-9H2,1-3H3,(H,26,27,28,29)/b16-10-. The summed E-state index contributed by atoms with van der Waals surface area (Å²) >= 11 is 7.06. The maximum Gasteiger partial charge on any atom is 0.268 e. The number of hydrogen-bond donors (Lipinski definition) is 1. The van der Waals surface area contributed by atoms with E-state index in [9.17, 15) is 18.5 Å². The Hall–Kier alpha value is -3.66. The van der Waals surface area contributed by atoms with Gasteiger partial charge in [0, 0.05) is 17.8 Å². The van der Waals surface area contributed by atoms with Crippen LogP contribution in [0.2, 0.25) is 5.02 Å². The minimum absolute atomic E-state index is 0.0613. The maximum absolute atomic E-state index is 12.5. The summed E-state index contributed by atoms with van der Waals surface area (Å²) in [6.07, 6.45) is 2.25. The van der Waals surface area contributed by atoms with Gasteiger partial charge in [0.15, 0.2) is 11.5 Å². The van der Waals surface area contributed by atoms with E-state index in [1.807, 2.05) is 31.2 Å². The van der Waals surface area contributed by atoms with E-state index in [0.29, 0.717) is 28.6 Å². The second kappa shape index (κ2) is 11.9. The van der Waals surface area contributed by atoms with Crippen LogP contribution in [0.3, 0.4) is 0 Å². The third-order valence-electron chi connectivity index (χ3n) is 4.51. The quantitative estimate of drug-likeness (QED) is 0.227. The Kier molecular flexibility index (Phi) is 8.87. The molecule has 1 N–H and O–H groups in total. The first-order valence-corrected chi connectivity index (χ1v) is 13.3. The minimum Gasteiger partial charge on any atom is -0.493 e. The van der Waals surface area contributed by atoms with Gasteiger partial charge in [-0.1, -0.05) is 29.3 Å².